The van der Waals surface area contributed by atoms with Crippen molar-refractivity contribution in [3.8, 4) is 0 Å². The van der Waals surface area contributed by atoms with Gasteiger partial charge in [-0.1, -0.05) is 84.0 Å². The fourth-order valence-electron chi connectivity index (χ4n) is 3.76. The van der Waals surface area contributed by atoms with Crippen molar-refractivity contribution >= 4 is 11.9 Å². The van der Waals surface area contributed by atoms with Crippen LogP contribution < -0.4 is 0 Å². The second-order valence-corrected chi connectivity index (χ2v) is 7.78. The average Bonchev–Trinajstić information content (AvgIpc) is 3.01. The third kappa shape index (κ3) is 9.56. The number of carboxylic acid groups (broad SMARTS) is 1. The molecule has 2 N–H and O–H groups in total. The summed E-state index contributed by atoms with van der Waals surface area (Å²) in [6.07, 6.45) is 16.2. The molecule has 1 aliphatic heterocycles. The second kappa shape index (κ2) is 14.0. The first-order valence-electron chi connectivity index (χ1n) is 10.8. The number of unbranched alkanes of at least 4 members (excludes halogenated alkanes) is 12. The summed E-state index contributed by atoms with van der Waals surface area (Å²) in [6.45, 7) is 2.41. The molecule has 2 unspecified atom stereocenters. The van der Waals surface area contributed by atoms with Gasteiger partial charge < -0.3 is 15.1 Å². The standard InChI is InChI=1S/C21H39NO4/c1-2-3-4-5-6-7-8-9-10-11-12-13-14-15-20(24)22-17-18(23)16-19(22)21(25)26/h18-19,23H,2-17H2,1H3,(H,25,26). The lowest BCUT2D eigenvalue weighted by Crippen LogP contribution is -2.40. The van der Waals surface area contributed by atoms with Crippen molar-refractivity contribution < 1.29 is 19.8 Å². The number of carbonyl (C=O) groups is 2. The number of carbonyl (C=O) groups excluding carboxylic acids is 1. The molecule has 5 nitrogen and oxygen atoms in total. The van der Waals surface area contributed by atoms with E-state index >= 15 is 0 Å². The minimum absolute atomic E-state index is 0.128. The first-order valence-corrected chi connectivity index (χ1v) is 10.8. The van der Waals surface area contributed by atoms with Crippen LogP contribution in [0.15, 0.2) is 0 Å². The fourth-order valence-corrected chi connectivity index (χ4v) is 3.76. The number of aliphatic hydroxyl groups is 1. The predicted octanol–water partition coefficient (Wildman–Crippen LogP) is 4.51. The number of amides is 1. The Balaban J connectivity index is 1.94. The normalized spacial score (nSPS) is 19.8. The molecule has 1 aliphatic rings. The molecule has 0 saturated carbocycles. The molecule has 1 rings (SSSR count). The number of aliphatic hydroxyl groups excluding tert-OH is 1. The van der Waals surface area contributed by atoms with Crippen LogP contribution in [0.4, 0.5) is 0 Å². The van der Waals surface area contributed by atoms with Crippen LogP contribution >= 0.6 is 0 Å². The Kier molecular flexibility index (Phi) is 12.4. The highest BCUT2D eigenvalue weighted by Crippen LogP contribution is 2.20. The smallest absolute Gasteiger partial charge is 0.326 e. The van der Waals surface area contributed by atoms with Gasteiger partial charge in [0, 0.05) is 19.4 Å². The molecule has 1 saturated heterocycles. The van der Waals surface area contributed by atoms with Crippen molar-refractivity contribution in [3.05, 3.63) is 0 Å². The predicted molar refractivity (Wildman–Crippen MR) is 104 cm³/mol. The topological polar surface area (TPSA) is 77.8 Å². The van der Waals surface area contributed by atoms with E-state index in [1.165, 1.54) is 69.1 Å². The van der Waals surface area contributed by atoms with Crippen LogP contribution in [-0.4, -0.2) is 45.7 Å². The summed E-state index contributed by atoms with van der Waals surface area (Å²) >= 11 is 0. The molecule has 0 aromatic rings. The summed E-state index contributed by atoms with van der Waals surface area (Å²) in [4.78, 5) is 24.6. The molecule has 5 heteroatoms. The number of hydrogen-bond donors (Lipinski definition) is 2. The molecule has 2 atom stereocenters. The van der Waals surface area contributed by atoms with Gasteiger partial charge in [-0.2, -0.15) is 0 Å². The fraction of sp³-hybridized carbons (Fsp3) is 0.905. The van der Waals surface area contributed by atoms with Crippen molar-refractivity contribution in [1.82, 2.24) is 4.90 Å². The number of nitrogens with zero attached hydrogens (tertiary/aromatic N) is 1. The first kappa shape index (κ1) is 22.9. The molecule has 0 aromatic carbocycles. The maximum absolute atomic E-state index is 12.2. The summed E-state index contributed by atoms with van der Waals surface area (Å²) in [5.41, 5.74) is 0. The number of hydrogen-bond acceptors (Lipinski definition) is 3. The monoisotopic (exact) mass is 369 g/mol. The van der Waals surface area contributed by atoms with Gasteiger partial charge in [0.05, 0.1) is 6.10 Å². The summed E-state index contributed by atoms with van der Waals surface area (Å²) in [7, 11) is 0. The van der Waals surface area contributed by atoms with Crippen LogP contribution in [0, 0.1) is 0 Å². The van der Waals surface area contributed by atoms with E-state index in [-0.39, 0.29) is 18.9 Å². The van der Waals surface area contributed by atoms with Gasteiger partial charge in [-0.25, -0.2) is 4.79 Å². The number of β-amino-alcohol motifs (C(OH)–C–C–N with tert-alkyl or cyclic N) is 1. The molecule has 0 spiro atoms. The Labute approximate surface area is 159 Å². The largest absolute Gasteiger partial charge is 0.480 e. The van der Waals surface area contributed by atoms with E-state index in [2.05, 4.69) is 6.92 Å². The van der Waals surface area contributed by atoms with Gasteiger partial charge in [0.1, 0.15) is 6.04 Å². The van der Waals surface area contributed by atoms with E-state index in [0.717, 1.165) is 19.3 Å². The summed E-state index contributed by atoms with van der Waals surface area (Å²) in [5, 5.41) is 18.7. The van der Waals surface area contributed by atoms with Crippen molar-refractivity contribution in [2.45, 2.75) is 115 Å². The summed E-state index contributed by atoms with van der Waals surface area (Å²) in [6, 6.07) is -0.848. The van der Waals surface area contributed by atoms with Gasteiger partial charge in [0.15, 0.2) is 0 Å². The Bertz CT molecular complexity index is 399. The lowest BCUT2D eigenvalue weighted by atomic mass is 10.0. The molecule has 152 valence electrons. The van der Waals surface area contributed by atoms with E-state index in [1.54, 1.807) is 0 Å². The van der Waals surface area contributed by atoms with Crippen molar-refractivity contribution in [2.75, 3.05) is 6.54 Å². The SMILES string of the molecule is CCCCCCCCCCCCCCCC(=O)N1CC(O)CC1C(=O)O. The highest BCUT2D eigenvalue weighted by Gasteiger charge is 2.38. The quantitative estimate of drug-likeness (QED) is 0.416. The minimum Gasteiger partial charge on any atom is -0.480 e. The molecular formula is C21H39NO4. The van der Waals surface area contributed by atoms with E-state index in [4.69, 9.17) is 5.11 Å². The number of likely N-dealkylation sites (tertiary alicyclic amines) is 1. The van der Waals surface area contributed by atoms with E-state index in [9.17, 15) is 14.7 Å². The van der Waals surface area contributed by atoms with Gasteiger partial charge in [-0.05, 0) is 6.42 Å². The molecule has 1 fully saturated rings. The molecule has 0 aromatic heterocycles. The van der Waals surface area contributed by atoms with Gasteiger partial charge in [0.25, 0.3) is 0 Å². The summed E-state index contributed by atoms with van der Waals surface area (Å²) in [5.74, 6) is -1.14. The Morgan fingerprint density at radius 1 is 0.846 bits per heavy atom. The molecule has 1 amide bonds. The van der Waals surface area contributed by atoms with Crippen molar-refractivity contribution in [1.29, 1.82) is 0 Å². The molecule has 1 heterocycles. The highest BCUT2D eigenvalue weighted by atomic mass is 16.4. The molecule has 0 bridgehead atoms. The third-order valence-electron chi connectivity index (χ3n) is 5.38. The van der Waals surface area contributed by atoms with Crippen LogP contribution in [-0.2, 0) is 9.59 Å². The second-order valence-electron chi connectivity index (χ2n) is 7.78. The zero-order valence-electron chi connectivity index (χ0n) is 16.6. The summed E-state index contributed by atoms with van der Waals surface area (Å²) < 4.78 is 0. The van der Waals surface area contributed by atoms with Gasteiger partial charge in [-0.3, -0.25) is 4.79 Å². The van der Waals surface area contributed by atoms with E-state index in [1.807, 2.05) is 0 Å². The van der Waals surface area contributed by atoms with Crippen molar-refractivity contribution in [3.63, 3.8) is 0 Å². The Morgan fingerprint density at radius 3 is 1.77 bits per heavy atom. The van der Waals surface area contributed by atoms with Crippen molar-refractivity contribution in [2.24, 2.45) is 0 Å². The van der Waals surface area contributed by atoms with Gasteiger partial charge in [0.2, 0.25) is 5.91 Å². The Morgan fingerprint density at radius 2 is 1.31 bits per heavy atom. The third-order valence-corrected chi connectivity index (χ3v) is 5.38. The maximum Gasteiger partial charge on any atom is 0.326 e. The molecule has 26 heavy (non-hydrogen) atoms. The zero-order chi connectivity index (χ0) is 19.2. The van der Waals surface area contributed by atoms with E-state index < -0.39 is 18.1 Å². The number of rotatable bonds is 15. The highest BCUT2D eigenvalue weighted by molar-refractivity contribution is 5.84. The first-order chi connectivity index (χ1) is 12.6. The van der Waals surface area contributed by atoms with Gasteiger partial charge in [-0.15, -0.1) is 0 Å². The van der Waals surface area contributed by atoms with Crippen LogP contribution in [0.5, 0.6) is 0 Å². The van der Waals surface area contributed by atoms with Crippen LogP contribution in [0.3, 0.4) is 0 Å². The number of aliphatic carboxylic acids is 1. The van der Waals surface area contributed by atoms with E-state index in [0.29, 0.717) is 6.42 Å². The van der Waals surface area contributed by atoms with Crippen LogP contribution in [0.25, 0.3) is 0 Å². The molecule has 0 aliphatic carbocycles. The lowest BCUT2D eigenvalue weighted by Gasteiger charge is -2.21. The average molecular weight is 370 g/mol. The molecular weight excluding hydrogens is 330 g/mol. The Hall–Kier alpha value is -1.10. The zero-order valence-corrected chi connectivity index (χ0v) is 16.6. The van der Waals surface area contributed by atoms with Crippen LogP contribution in [0.2, 0.25) is 0 Å². The number of carboxylic acids is 1. The minimum atomic E-state index is -1.01. The van der Waals surface area contributed by atoms with Gasteiger partial charge >= 0.3 is 5.97 Å². The molecule has 0 radical (unpaired) electrons. The maximum atomic E-state index is 12.2. The lowest BCUT2D eigenvalue weighted by molar-refractivity contribution is -0.148. The van der Waals surface area contributed by atoms with Crippen LogP contribution in [0.1, 0.15) is 103 Å².